The summed E-state index contributed by atoms with van der Waals surface area (Å²) in [6, 6.07) is 10.2. The molecule has 3 amide bonds. The predicted molar refractivity (Wildman–Crippen MR) is 137 cm³/mol. The third-order valence-electron chi connectivity index (χ3n) is 6.34. The Morgan fingerprint density at radius 2 is 1.89 bits per heavy atom. The van der Waals surface area contributed by atoms with Gasteiger partial charge in [0.25, 0.3) is 5.91 Å². The van der Waals surface area contributed by atoms with Gasteiger partial charge in [0.2, 0.25) is 5.91 Å². The van der Waals surface area contributed by atoms with E-state index in [1.165, 1.54) is 11.3 Å². The number of amides is 3. The molecule has 0 radical (unpaired) electrons. The maximum absolute atomic E-state index is 13.2. The maximum atomic E-state index is 13.2. The molecular formula is C27H35N3O4S. The van der Waals surface area contributed by atoms with Crippen LogP contribution in [-0.2, 0) is 16.1 Å². The van der Waals surface area contributed by atoms with Crippen molar-refractivity contribution in [3.63, 3.8) is 0 Å². The molecule has 0 saturated carbocycles. The van der Waals surface area contributed by atoms with E-state index in [0.717, 1.165) is 45.8 Å². The van der Waals surface area contributed by atoms with Gasteiger partial charge in [0.1, 0.15) is 5.60 Å². The molecule has 35 heavy (non-hydrogen) atoms. The summed E-state index contributed by atoms with van der Waals surface area (Å²) in [5, 5.41) is 2.88. The van der Waals surface area contributed by atoms with Gasteiger partial charge in [-0.2, -0.15) is 0 Å². The van der Waals surface area contributed by atoms with E-state index in [1.807, 2.05) is 37.5 Å². The molecule has 2 saturated heterocycles. The van der Waals surface area contributed by atoms with Crippen molar-refractivity contribution in [2.45, 2.75) is 71.6 Å². The van der Waals surface area contributed by atoms with E-state index in [9.17, 15) is 14.4 Å². The average molecular weight is 498 g/mol. The highest BCUT2D eigenvalue weighted by Crippen LogP contribution is 2.33. The Morgan fingerprint density at radius 3 is 2.57 bits per heavy atom. The molecule has 3 heterocycles. The fraction of sp³-hybridized carbons (Fsp3) is 0.519. The van der Waals surface area contributed by atoms with Crippen molar-refractivity contribution < 1.29 is 19.1 Å². The highest BCUT2D eigenvalue weighted by Gasteiger charge is 2.31. The number of thiophene rings is 1. The minimum atomic E-state index is -0.550. The van der Waals surface area contributed by atoms with E-state index >= 15 is 0 Å². The molecule has 1 N–H and O–H groups in total. The van der Waals surface area contributed by atoms with E-state index in [4.69, 9.17) is 4.74 Å². The van der Waals surface area contributed by atoms with Crippen LogP contribution in [0.2, 0.25) is 0 Å². The van der Waals surface area contributed by atoms with Crippen LogP contribution in [0.3, 0.4) is 0 Å². The summed E-state index contributed by atoms with van der Waals surface area (Å²) in [6.45, 7) is 10.0. The number of hydrogen-bond donors (Lipinski definition) is 1. The van der Waals surface area contributed by atoms with Crippen LogP contribution in [0.5, 0.6) is 0 Å². The van der Waals surface area contributed by atoms with Gasteiger partial charge in [0.05, 0.1) is 10.9 Å². The van der Waals surface area contributed by atoms with Crippen molar-refractivity contribution in [1.82, 2.24) is 15.1 Å². The number of nitrogens with zero attached hydrogens (tertiary/aromatic N) is 2. The van der Waals surface area contributed by atoms with Crippen LogP contribution < -0.4 is 5.32 Å². The number of aryl methyl sites for hydroxylation is 1. The molecule has 1 aromatic carbocycles. The Kier molecular flexibility index (Phi) is 7.50. The van der Waals surface area contributed by atoms with Crippen LogP contribution in [0.25, 0.3) is 10.4 Å². The number of hydrogen-bond acceptors (Lipinski definition) is 5. The lowest BCUT2D eigenvalue weighted by atomic mass is 10.1. The van der Waals surface area contributed by atoms with Crippen molar-refractivity contribution >= 4 is 29.2 Å². The van der Waals surface area contributed by atoms with E-state index < -0.39 is 11.7 Å². The Morgan fingerprint density at radius 1 is 1.14 bits per heavy atom. The van der Waals surface area contributed by atoms with E-state index in [1.54, 1.807) is 0 Å². The fourth-order valence-electron chi connectivity index (χ4n) is 4.54. The highest BCUT2D eigenvalue weighted by molar-refractivity contribution is 7.17. The first-order valence-electron chi connectivity index (χ1n) is 12.4. The van der Waals surface area contributed by atoms with Gasteiger partial charge in [-0.15, -0.1) is 11.3 Å². The summed E-state index contributed by atoms with van der Waals surface area (Å²) in [6.07, 6.45) is 2.98. The van der Waals surface area contributed by atoms with Crippen LogP contribution in [-0.4, -0.2) is 59.0 Å². The molecular weight excluding hydrogens is 462 g/mol. The van der Waals surface area contributed by atoms with Crippen molar-refractivity contribution in [2.75, 3.05) is 19.6 Å². The summed E-state index contributed by atoms with van der Waals surface area (Å²) in [4.78, 5) is 42.9. The first-order chi connectivity index (χ1) is 16.6. The Labute approximate surface area is 211 Å². The number of ether oxygens (including phenoxy) is 1. The molecule has 8 heteroatoms. The Bertz CT molecular complexity index is 1090. The quantitative estimate of drug-likeness (QED) is 0.632. The molecule has 2 aliphatic rings. The van der Waals surface area contributed by atoms with Crippen LogP contribution in [0.15, 0.2) is 30.3 Å². The molecule has 4 rings (SSSR count). The van der Waals surface area contributed by atoms with Gasteiger partial charge >= 0.3 is 6.09 Å². The summed E-state index contributed by atoms with van der Waals surface area (Å²) in [5.41, 5.74) is 2.60. The second-order valence-electron chi connectivity index (χ2n) is 10.5. The van der Waals surface area contributed by atoms with Gasteiger partial charge in [-0.25, -0.2) is 4.79 Å². The number of rotatable bonds is 5. The summed E-state index contributed by atoms with van der Waals surface area (Å²) >= 11 is 1.50. The molecule has 0 spiro atoms. The highest BCUT2D eigenvalue weighted by atomic mass is 32.1. The summed E-state index contributed by atoms with van der Waals surface area (Å²) in [5.74, 6) is 0.246. The SMILES string of the molecule is Cc1cc(-c2ccc(CN3CCCCC3=O)cc2)sc1C(=O)N1CC[C@H](NC(=O)OC(C)(C)C)C1. The number of carbonyl (C=O) groups excluding carboxylic acids is 3. The minimum Gasteiger partial charge on any atom is -0.444 e. The molecule has 1 atom stereocenters. The van der Waals surface area contributed by atoms with E-state index in [2.05, 4.69) is 35.6 Å². The van der Waals surface area contributed by atoms with E-state index in [0.29, 0.717) is 32.5 Å². The molecule has 2 aliphatic heterocycles. The molecule has 2 fully saturated rings. The smallest absolute Gasteiger partial charge is 0.407 e. The minimum absolute atomic E-state index is 0.00692. The predicted octanol–water partition coefficient (Wildman–Crippen LogP) is 4.98. The second kappa shape index (κ2) is 10.4. The average Bonchev–Trinajstić information content (AvgIpc) is 3.41. The lowest BCUT2D eigenvalue weighted by Gasteiger charge is -2.26. The van der Waals surface area contributed by atoms with Gasteiger partial charge in [0.15, 0.2) is 0 Å². The zero-order valence-electron chi connectivity index (χ0n) is 21.1. The fourth-order valence-corrected chi connectivity index (χ4v) is 5.69. The van der Waals surface area contributed by atoms with Gasteiger partial charge < -0.3 is 19.9 Å². The lowest BCUT2D eigenvalue weighted by Crippen LogP contribution is -2.41. The molecule has 188 valence electrons. The topological polar surface area (TPSA) is 79.0 Å². The lowest BCUT2D eigenvalue weighted by molar-refractivity contribution is -0.133. The first kappa shape index (κ1) is 25.2. The monoisotopic (exact) mass is 497 g/mol. The number of benzene rings is 1. The van der Waals surface area contributed by atoms with Crippen LogP contribution in [0.1, 0.15) is 67.3 Å². The van der Waals surface area contributed by atoms with Crippen molar-refractivity contribution in [1.29, 1.82) is 0 Å². The van der Waals surface area contributed by atoms with Crippen LogP contribution >= 0.6 is 11.3 Å². The first-order valence-corrected chi connectivity index (χ1v) is 13.2. The zero-order valence-corrected chi connectivity index (χ0v) is 21.9. The van der Waals surface area contributed by atoms with Crippen molar-refractivity contribution in [2.24, 2.45) is 0 Å². The third-order valence-corrected chi connectivity index (χ3v) is 7.62. The molecule has 0 unspecified atom stereocenters. The van der Waals surface area contributed by atoms with Crippen LogP contribution in [0, 0.1) is 6.92 Å². The molecule has 7 nitrogen and oxygen atoms in total. The van der Waals surface area contributed by atoms with Gasteiger partial charge in [0, 0.05) is 37.5 Å². The standard InChI is InChI=1S/C27H35N3O4S/c1-18-15-22(20-10-8-19(9-11-20)16-29-13-6-5-7-23(29)31)35-24(18)25(32)30-14-12-21(17-30)28-26(33)34-27(2,3)4/h8-11,15,21H,5-7,12-14,16-17H2,1-4H3,(H,28,33)/t21-/m0/s1. The third kappa shape index (κ3) is 6.42. The second-order valence-corrected chi connectivity index (χ2v) is 11.5. The molecule has 0 bridgehead atoms. The summed E-state index contributed by atoms with van der Waals surface area (Å²) in [7, 11) is 0. The number of piperidine rings is 1. The number of likely N-dealkylation sites (tertiary alicyclic amines) is 2. The molecule has 0 aliphatic carbocycles. The number of nitrogens with one attached hydrogen (secondary N) is 1. The largest absolute Gasteiger partial charge is 0.444 e. The Hall–Kier alpha value is -2.87. The van der Waals surface area contributed by atoms with Crippen LogP contribution in [0.4, 0.5) is 4.79 Å². The number of carbonyl (C=O) groups is 3. The maximum Gasteiger partial charge on any atom is 0.407 e. The van der Waals surface area contributed by atoms with Crippen molar-refractivity contribution in [3.8, 4) is 10.4 Å². The van der Waals surface area contributed by atoms with Gasteiger partial charge in [-0.3, -0.25) is 9.59 Å². The Balaban J connectivity index is 1.37. The normalized spacial score (nSPS) is 18.6. The van der Waals surface area contributed by atoms with Crippen molar-refractivity contribution in [3.05, 3.63) is 46.3 Å². The molecule has 1 aromatic heterocycles. The van der Waals surface area contributed by atoms with Gasteiger partial charge in [-0.05, 0) is 69.7 Å². The molecule has 2 aromatic rings. The van der Waals surface area contributed by atoms with Gasteiger partial charge in [-0.1, -0.05) is 24.3 Å². The zero-order chi connectivity index (χ0) is 25.2. The van der Waals surface area contributed by atoms with E-state index in [-0.39, 0.29) is 17.9 Å². The number of alkyl carbamates (subject to hydrolysis) is 1. The summed E-state index contributed by atoms with van der Waals surface area (Å²) < 4.78 is 5.34.